The van der Waals surface area contributed by atoms with Crippen LogP contribution in [0.3, 0.4) is 0 Å². The lowest BCUT2D eigenvalue weighted by Gasteiger charge is -2.34. The number of hydrogen-bond acceptors (Lipinski definition) is 7. The van der Waals surface area contributed by atoms with Gasteiger partial charge >= 0.3 is 5.97 Å². The van der Waals surface area contributed by atoms with E-state index in [4.69, 9.17) is 4.74 Å². The number of ketones is 1. The number of carbonyl (C=O) groups excluding carboxylic acids is 2. The summed E-state index contributed by atoms with van der Waals surface area (Å²) in [6, 6.07) is 0. The highest BCUT2D eigenvalue weighted by Crippen LogP contribution is 2.32. The third-order valence-electron chi connectivity index (χ3n) is 7.09. The van der Waals surface area contributed by atoms with Gasteiger partial charge in [0.05, 0.1) is 29.7 Å². The monoisotopic (exact) mass is 509 g/mol. The van der Waals surface area contributed by atoms with Crippen molar-refractivity contribution in [2.24, 2.45) is 17.3 Å². The maximum Gasteiger partial charge on any atom is 0.309 e. The SMILES string of the molecule is C/C1=C/C[C@@H](/C(C)=C/c2csc(CF)n2)OC(=O)C[C@H](O)C(C)(C)C(=O)[C@H](C)[C@@H](O)[C@@H](C)CCC1. The summed E-state index contributed by atoms with van der Waals surface area (Å²) in [6.07, 6.45) is 3.74. The zero-order chi connectivity index (χ0) is 26.3. The zero-order valence-electron chi connectivity index (χ0n) is 21.7. The molecule has 0 aromatic carbocycles. The number of aromatic nitrogens is 1. The molecule has 35 heavy (non-hydrogen) atoms. The van der Waals surface area contributed by atoms with Gasteiger partial charge in [-0.3, -0.25) is 9.59 Å². The van der Waals surface area contributed by atoms with Crippen molar-refractivity contribution in [1.29, 1.82) is 0 Å². The van der Waals surface area contributed by atoms with Crippen molar-refractivity contribution < 1.29 is 28.9 Å². The number of alkyl halides is 1. The predicted molar refractivity (Wildman–Crippen MR) is 136 cm³/mol. The average molecular weight is 510 g/mol. The lowest BCUT2D eigenvalue weighted by Crippen LogP contribution is -2.45. The lowest BCUT2D eigenvalue weighted by molar-refractivity contribution is -0.154. The Labute approximate surface area is 212 Å². The van der Waals surface area contributed by atoms with Crippen LogP contribution in [0.2, 0.25) is 0 Å². The van der Waals surface area contributed by atoms with Crippen LogP contribution in [0, 0.1) is 17.3 Å². The third kappa shape index (κ3) is 8.05. The van der Waals surface area contributed by atoms with Crippen molar-refractivity contribution in [2.45, 2.75) is 98.6 Å². The molecule has 1 aromatic rings. The fourth-order valence-electron chi connectivity index (χ4n) is 4.41. The first-order valence-corrected chi connectivity index (χ1v) is 13.2. The van der Waals surface area contributed by atoms with Crippen LogP contribution in [0.5, 0.6) is 0 Å². The number of aliphatic hydroxyl groups is 2. The fourth-order valence-corrected chi connectivity index (χ4v) is 5.01. The number of rotatable bonds is 3. The number of aliphatic hydroxyl groups excluding tert-OH is 2. The molecule has 2 rings (SSSR count). The molecule has 0 radical (unpaired) electrons. The minimum Gasteiger partial charge on any atom is -0.457 e. The number of carbonyl (C=O) groups is 2. The number of halogens is 1. The van der Waals surface area contributed by atoms with Crippen LogP contribution < -0.4 is 0 Å². The van der Waals surface area contributed by atoms with Gasteiger partial charge < -0.3 is 14.9 Å². The highest BCUT2D eigenvalue weighted by molar-refractivity contribution is 7.09. The van der Waals surface area contributed by atoms with Gasteiger partial charge in [0.1, 0.15) is 23.6 Å². The molecule has 0 aliphatic carbocycles. The van der Waals surface area contributed by atoms with Gasteiger partial charge in [0.2, 0.25) is 0 Å². The Morgan fingerprint density at radius 3 is 2.63 bits per heavy atom. The third-order valence-corrected chi connectivity index (χ3v) is 7.92. The first kappa shape index (κ1) is 29.3. The van der Waals surface area contributed by atoms with Gasteiger partial charge in [-0.2, -0.15) is 0 Å². The molecule has 1 aliphatic rings. The number of allylic oxidation sites excluding steroid dienone is 1. The van der Waals surface area contributed by atoms with E-state index >= 15 is 0 Å². The van der Waals surface area contributed by atoms with Gasteiger partial charge in [-0.1, -0.05) is 39.3 Å². The number of hydrogen-bond donors (Lipinski definition) is 2. The number of esters is 1. The topological polar surface area (TPSA) is 96.7 Å². The van der Waals surface area contributed by atoms with E-state index in [0.29, 0.717) is 17.1 Å². The summed E-state index contributed by atoms with van der Waals surface area (Å²) in [6.45, 7) is 10.1. The molecular formula is C27H40FNO5S. The molecule has 0 saturated heterocycles. The Bertz CT molecular complexity index is 938. The Hall–Kier alpha value is -1.90. The molecule has 0 saturated carbocycles. The average Bonchev–Trinajstić information content (AvgIpc) is 3.26. The molecule has 0 amide bonds. The zero-order valence-corrected chi connectivity index (χ0v) is 22.5. The smallest absolute Gasteiger partial charge is 0.309 e. The molecule has 1 aromatic heterocycles. The fraction of sp³-hybridized carbons (Fsp3) is 0.667. The summed E-state index contributed by atoms with van der Waals surface area (Å²) in [7, 11) is 0. The van der Waals surface area contributed by atoms with E-state index in [2.05, 4.69) is 4.98 Å². The van der Waals surface area contributed by atoms with Crippen LogP contribution in [0.1, 0.15) is 84.3 Å². The van der Waals surface area contributed by atoms with Gasteiger partial charge in [-0.15, -0.1) is 11.3 Å². The minimum absolute atomic E-state index is 0.0715. The van der Waals surface area contributed by atoms with Crippen LogP contribution in [-0.2, 0) is 21.0 Å². The summed E-state index contributed by atoms with van der Waals surface area (Å²) < 4.78 is 18.6. The molecule has 196 valence electrons. The first-order chi connectivity index (χ1) is 16.4. The second-order valence-corrected chi connectivity index (χ2v) is 11.4. The van der Waals surface area contributed by atoms with E-state index < -0.39 is 42.3 Å². The van der Waals surface area contributed by atoms with Gasteiger partial charge in [0.15, 0.2) is 0 Å². The van der Waals surface area contributed by atoms with Crippen LogP contribution >= 0.6 is 11.3 Å². The summed E-state index contributed by atoms with van der Waals surface area (Å²) >= 11 is 1.23. The van der Waals surface area contributed by atoms with Gasteiger partial charge in [0.25, 0.3) is 0 Å². The van der Waals surface area contributed by atoms with E-state index in [1.165, 1.54) is 11.3 Å². The Morgan fingerprint density at radius 2 is 2.00 bits per heavy atom. The number of Topliss-reactive ketones (excluding diaryl/α,β-unsaturated/α-hetero) is 1. The molecule has 8 heteroatoms. The van der Waals surface area contributed by atoms with E-state index in [-0.39, 0.29) is 18.1 Å². The summed E-state index contributed by atoms with van der Waals surface area (Å²) in [5.41, 5.74) is 1.29. The first-order valence-electron chi connectivity index (χ1n) is 12.3. The number of ether oxygens (including phenoxy) is 1. The molecule has 2 heterocycles. The van der Waals surface area contributed by atoms with Gasteiger partial charge in [-0.05, 0) is 50.7 Å². The van der Waals surface area contributed by atoms with Crippen molar-refractivity contribution in [3.05, 3.63) is 33.3 Å². The molecule has 0 unspecified atom stereocenters. The van der Waals surface area contributed by atoms with Crippen molar-refractivity contribution in [3.63, 3.8) is 0 Å². The maximum atomic E-state index is 13.2. The molecule has 1 aliphatic heterocycles. The molecule has 0 bridgehead atoms. The largest absolute Gasteiger partial charge is 0.457 e. The molecule has 6 nitrogen and oxygen atoms in total. The molecule has 2 N–H and O–H groups in total. The summed E-state index contributed by atoms with van der Waals surface area (Å²) in [4.78, 5) is 30.2. The van der Waals surface area contributed by atoms with Gasteiger partial charge in [0, 0.05) is 17.7 Å². The van der Waals surface area contributed by atoms with Crippen molar-refractivity contribution in [2.75, 3.05) is 0 Å². The van der Waals surface area contributed by atoms with Crippen LogP contribution in [0.15, 0.2) is 22.6 Å². The summed E-state index contributed by atoms with van der Waals surface area (Å²) in [5, 5.41) is 23.7. The van der Waals surface area contributed by atoms with E-state index in [1.807, 2.05) is 26.8 Å². The highest BCUT2D eigenvalue weighted by Gasteiger charge is 2.42. The Morgan fingerprint density at radius 1 is 1.31 bits per heavy atom. The van der Waals surface area contributed by atoms with Crippen molar-refractivity contribution in [1.82, 2.24) is 4.98 Å². The normalized spacial score (nSPS) is 31.5. The standard InChI is InChI=1S/C27H40FNO5S/c1-16-8-7-9-17(2)25(32)19(4)26(33)27(5,6)22(30)13-24(31)34-21(11-10-16)18(3)12-20-15-35-23(14-28)29-20/h10,12,15,17,19,21-22,25,30,32H,7-9,11,13-14H2,1-6H3/b16-10-,18-12+/t17-,19+,21-,22-,25-/m0/s1. The van der Waals surface area contributed by atoms with Crippen LogP contribution in [0.25, 0.3) is 6.08 Å². The summed E-state index contributed by atoms with van der Waals surface area (Å²) in [5.74, 6) is -1.63. The van der Waals surface area contributed by atoms with E-state index in [0.717, 1.165) is 30.4 Å². The second kappa shape index (κ2) is 12.9. The van der Waals surface area contributed by atoms with Crippen molar-refractivity contribution >= 4 is 29.2 Å². The predicted octanol–water partition coefficient (Wildman–Crippen LogP) is 5.43. The molecule has 0 spiro atoms. The van der Waals surface area contributed by atoms with Crippen molar-refractivity contribution in [3.8, 4) is 0 Å². The van der Waals surface area contributed by atoms with E-state index in [9.17, 15) is 24.2 Å². The maximum absolute atomic E-state index is 13.2. The number of nitrogens with zero attached hydrogens (tertiary/aromatic N) is 1. The Kier molecular flexibility index (Phi) is 10.8. The molecular weight excluding hydrogens is 469 g/mol. The minimum atomic E-state index is -1.26. The second-order valence-electron chi connectivity index (χ2n) is 10.4. The highest BCUT2D eigenvalue weighted by atomic mass is 32.1. The lowest BCUT2D eigenvalue weighted by atomic mass is 9.73. The van der Waals surface area contributed by atoms with Crippen LogP contribution in [-0.4, -0.2) is 45.3 Å². The number of cyclic esters (lactones) is 1. The van der Waals surface area contributed by atoms with E-state index in [1.54, 1.807) is 32.2 Å². The molecule has 0 fully saturated rings. The van der Waals surface area contributed by atoms with Gasteiger partial charge in [-0.25, -0.2) is 9.37 Å². The number of thiazole rings is 1. The quantitative estimate of drug-likeness (QED) is 0.417. The van der Waals surface area contributed by atoms with Crippen LogP contribution in [0.4, 0.5) is 4.39 Å². The Balaban J connectivity index is 2.33. The molecule has 5 atom stereocenters.